The molecular formula is C15H18IN5. The van der Waals surface area contributed by atoms with E-state index in [0.717, 1.165) is 35.4 Å². The third kappa shape index (κ3) is 3.82. The van der Waals surface area contributed by atoms with Crippen LogP contribution in [0.3, 0.4) is 0 Å². The van der Waals surface area contributed by atoms with Crippen molar-refractivity contribution in [3.63, 3.8) is 0 Å². The van der Waals surface area contributed by atoms with E-state index in [1.54, 1.807) is 12.4 Å². The molecule has 1 fully saturated rings. The van der Waals surface area contributed by atoms with Gasteiger partial charge in [-0.2, -0.15) is 0 Å². The smallest absolute Gasteiger partial charge is 0.227 e. The molecule has 2 heterocycles. The van der Waals surface area contributed by atoms with Crippen LogP contribution in [0.4, 0.5) is 17.3 Å². The fraction of sp³-hybridized carbons (Fsp3) is 0.333. The second kappa shape index (κ2) is 6.57. The van der Waals surface area contributed by atoms with Crippen LogP contribution >= 0.6 is 22.6 Å². The molecule has 0 aliphatic carbocycles. The number of rotatable bonds is 3. The first kappa shape index (κ1) is 14.5. The number of nitrogens with one attached hydrogen (secondary N) is 1. The molecule has 0 spiro atoms. The van der Waals surface area contributed by atoms with Gasteiger partial charge in [-0.15, -0.1) is 0 Å². The minimum Gasteiger partial charge on any atom is -0.369 e. The van der Waals surface area contributed by atoms with Crippen molar-refractivity contribution in [2.45, 2.75) is 0 Å². The number of nitrogens with zero attached hydrogens (tertiary/aromatic N) is 4. The fourth-order valence-electron chi connectivity index (χ4n) is 2.33. The second-order valence-corrected chi connectivity index (χ2v) is 6.43. The zero-order chi connectivity index (χ0) is 14.7. The van der Waals surface area contributed by atoms with Gasteiger partial charge in [0.15, 0.2) is 0 Å². The van der Waals surface area contributed by atoms with E-state index in [2.05, 4.69) is 79.0 Å². The predicted octanol–water partition coefficient (Wildman–Crippen LogP) is 2.58. The Morgan fingerprint density at radius 3 is 2.24 bits per heavy atom. The van der Waals surface area contributed by atoms with Gasteiger partial charge in [-0.25, -0.2) is 9.97 Å². The van der Waals surface area contributed by atoms with Crippen molar-refractivity contribution in [1.82, 2.24) is 14.9 Å². The first-order valence-corrected chi connectivity index (χ1v) is 8.07. The molecule has 110 valence electrons. The molecule has 0 saturated carbocycles. The van der Waals surface area contributed by atoms with Crippen LogP contribution in [0.5, 0.6) is 0 Å². The van der Waals surface area contributed by atoms with E-state index in [1.165, 1.54) is 5.69 Å². The van der Waals surface area contributed by atoms with Crippen LogP contribution < -0.4 is 10.2 Å². The van der Waals surface area contributed by atoms with Crippen molar-refractivity contribution in [1.29, 1.82) is 0 Å². The predicted molar refractivity (Wildman–Crippen MR) is 94.2 cm³/mol. The van der Waals surface area contributed by atoms with Gasteiger partial charge in [0.1, 0.15) is 0 Å². The molecule has 1 aromatic carbocycles. The van der Waals surface area contributed by atoms with E-state index >= 15 is 0 Å². The lowest BCUT2D eigenvalue weighted by molar-refractivity contribution is 0.313. The van der Waals surface area contributed by atoms with Gasteiger partial charge in [0.05, 0.1) is 0 Å². The van der Waals surface area contributed by atoms with Crippen LogP contribution in [0.1, 0.15) is 0 Å². The molecule has 0 radical (unpaired) electrons. The van der Waals surface area contributed by atoms with Crippen molar-refractivity contribution in [3.8, 4) is 0 Å². The molecule has 0 unspecified atom stereocenters. The normalized spacial score (nSPS) is 16.0. The maximum atomic E-state index is 4.25. The minimum atomic E-state index is 0.628. The van der Waals surface area contributed by atoms with E-state index < -0.39 is 0 Å². The quantitative estimate of drug-likeness (QED) is 0.810. The third-order valence-electron chi connectivity index (χ3n) is 3.61. The summed E-state index contributed by atoms with van der Waals surface area (Å²) in [6, 6.07) is 8.46. The standard InChI is InChI=1S/C15H18IN5/c1-20-6-8-21(9-7-20)14-4-2-13(3-5-14)19-15-17-10-12(16)11-18-15/h2-5,10-11H,6-9H2,1H3,(H,17,18,19). The summed E-state index contributed by atoms with van der Waals surface area (Å²) in [5.41, 5.74) is 2.28. The number of piperazine rings is 1. The maximum Gasteiger partial charge on any atom is 0.227 e. The third-order valence-corrected chi connectivity index (χ3v) is 4.17. The van der Waals surface area contributed by atoms with Crippen molar-refractivity contribution < 1.29 is 0 Å². The number of hydrogen-bond acceptors (Lipinski definition) is 5. The van der Waals surface area contributed by atoms with Gasteiger partial charge in [-0.05, 0) is 53.9 Å². The minimum absolute atomic E-state index is 0.628. The number of hydrogen-bond donors (Lipinski definition) is 1. The summed E-state index contributed by atoms with van der Waals surface area (Å²) in [4.78, 5) is 13.3. The average molecular weight is 395 g/mol. The van der Waals surface area contributed by atoms with Crippen LogP contribution in [-0.4, -0.2) is 48.1 Å². The van der Waals surface area contributed by atoms with Crippen LogP contribution in [0.2, 0.25) is 0 Å². The highest BCUT2D eigenvalue weighted by Gasteiger charge is 2.13. The summed E-state index contributed by atoms with van der Waals surface area (Å²) in [5.74, 6) is 0.628. The SMILES string of the molecule is CN1CCN(c2ccc(Nc3ncc(I)cn3)cc2)CC1. The molecule has 1 aromatic heterocycles. The summed E-state index contributed by atoms with van der Waals surface area (Å²) >= 11 is 2.20. The van der Waals surface area contributed by atoms with Gasteiger partial charge < -0.3 is 15.1 Å². The largest absolute Gasteiger partial charge is 0.369 e. The molecule has 2 aromatic rings. The molecule has 1 aliphatic heterocycles. The van der Waals surface area contributed by atoms with Gasteiger partial charge in [0.25, 0.3) is 0 Å². The molecule has 3 rings (SSSR count). The molecule has 1 aliphatic rings. The van der Waals surface area contributed by atoms with E-state index in [4.69, 9.17) is 0 Å². The Labute approximate surface area is 138 Å². The fourth-order valence-corrected chi connectivity index (χ4v) is 2.60. The molecule has 6 heteroatoms. The van der Waals surface area contributed by atoms with Crippen LogP contribution in [0.25, 0.3) is 0 Å². The highest BCUT2D eigenvalue weighted by molar-refractivity contribution is 14.1. The van der Waals surface area contributed by atoms with E-state index in [1.807, 2.05) is 0 Å². The summed E-state index contributed by atoms with van der Waals surface area (Å²) < 4.78 is 1.03. The molecule has 0 atom stereocenters. The zero-order valence-electron chi connectivity index (χ0n) is 12.0. The molecule has 1 saturated heterocycles. The summed E-state index contributed by atoms with van der Waals surface area (Å²) in [6.45, 7) is 4.42. The molecule has 21 heavy (non-hydrogen) atoms. The first-order chi connectivity index (χ1) is 10.2. The summed E-state index contributed by atoms with van der Waals surface area (Å²) in [5, 5.41) is 3.22. The molecule has 5 nitrogen and oxygen atoms in total. The lowest BCUT2D eigenvalue weighted by Crippen LogP contribution is -2.44. The number of likely N-dealkylation sites (N-methyl/N-ethyl adjacent to an activating group) is 1. The summed E-state index contributed by atoms with van der Waals surface area (Å²) in [7, 11) is 2.17. The number of halogens is 1. The Bertz CT molecular complexity index is 576. The van der Waals surface area contributed by atoms with Crippen LogP contribution in [-0.2, 0) is 0 Å². The van der Waals surface area contributed by atoms with Crippen molar-refractivity contribution >= 4 is 39.9 Å². The van der Waals surface area contributed by atoms with E-state index in [0.29, 0.717) is 5.95 Å². The first-order valence-electron chi connectivity index (χ1n) is 6.99. The highest BCUT2D eigenvalue weighted by Crippen LogP contribution is 2.20. The maximum absolute atomic E-state index is 4.25. The number of aromatic nitrogens is 2. The van der Waals surface area contributed by atoms with Crippen molar-refractivity contribution in [2.75, 3.05) is 43.4 Å². The lowest BCUT2D eigenvalue weighted by Gasteiger charge is -2.34. The van der Waals surface area contributed by atoms with Crippen molar-refractivity contribution in [2.24, 2.45) is 0 Å². The van der Waals surface area contributed by atoms with Gasteiger partial charge in [-0.3, -0.25) is 0 Å². The van der Waals surface area contributed by atoms with Crippen molar-refractivity contribution in [3.05, 3.63) is 40.2 Å². The van der Waals surface area contributed by atoms with Gasteiger partial charge >= 0.3 is 0 Å². The van der Waals surface area contributed by atoms with Gasteiger partial charge in [0.2, 0.25) is 5.95 Å². The Kier molecular flexibility index (Phi) is 4.54. The van der Waals surface area contributed by atoms with E-state index in [-0.39, 0.29) is 0 Å². The zero-order valence-corrected chi connectivity index (χ0v) is 14.1. The van der Waals surface area contributed by atoms with Gasteiger partial charge in [0, 0.05) is 53.5 Å². The second-order valence-electron chi connectivity index (χ2n) is 5.19. The Balaban J connectivity index is 1.65. The molecular weight excluding hydrogens is 377 g/mol. The lowest BCUT2D eigenvalue weighted by atomic mass is 10.2. The Morgan fingerprint density at radius 2 is 1.62 bits per heavy atom. The number of anilines is 3. The Morgan fingerprint density at radius 1 is 1.00 bits per heavy atom. The molecule has 1 N–H and O–H groups in total. The number of benzene rings is 1. The van der Waals surface area contributed by atoms with Gasteiger partial charge in [-0.1, -0.05) is 0 Å². The molecule has 0 bridgehead atoms. The van der Waals surface area contributed by atoms with Crippen LogP contribution in [0, 0.1) is 3.57 Å². The van der Waals surface area contributed by atoms with E-state index in [9.17, 15) is 0 Å². The topological polar surface area (TPSA) is 44.3 Å². The Hall–Kier alpha value is -1.41. The molecule has 0 amide bonds. The van der Waals surface area contributed by atoms with Crippen LogP contribution in [0.15, 0.2) is 36.7 Å². The average Bonchev–Trinajstić information content (AvgIpc) is 2.51. The monoisotopic (exact) mass is 395 g/mol. The summed E-state index contributed by atoms with van der Waals surface area (Å²) in [6.07, 6.45) is 3.60. The highest BCUT2D eigenvalue weighted by atomic mass is 127.